The molecular formula is C25H34N2O5. The zero-order valence-corrected chi connectivity index (χ0v) is 18.7. The van der Waals surface area contributed by atoms with E-state index >= 15 is 0 Å². The summed E-state index contributed by atoms with van der Waals surface area (Å²) in [4.78, 5) is 42.3. The van der Waals surface area contributed by atoms with E-state index in [0.717, 1.165) is 18.4 Å². The van der Waals surface area contributed by atoms with Crippen LogP contribution in [0.3, 0.4) is 0 Å². The number of hydrogen-bond donors (Lipinski definition) is 0. The lowest BCUT2D eigenvalue weighted by Gasteiger charge is -2.32. The molecule has 1 saturated carbocycles. The Morgan fingerprint density at radius 3 is 2.47 bits per heavy atom. The van der Waals surface area contributed by atoms with Crippen LogP contribution in [0.25, 0.3) is 0 Å². The highest BCUT2D eigenvalue weighted by molar-refractivity contribution is 5.96. The second-order valence-electron chi connectivity index (χ2n) is 9.26. The number of rotatable bonds is 7. The Bertz CT molecular complexity index is 787. The van der Waals surface area contributed by atoms with E-state index < -0.39 is 12.0 Å². The molecule has 7 nitrogen and oxygen atoms in total. The number of morpholine rings is 1. The topological polar surface area (TPSA) is 76.2 Å². The van der Waals surface area contributed by atoms with Gasteiger partial charge in [0.25, 0.3) is 0 Å². The van der Waals surface area contributed by atoms with Gasteiger partial charge in [0.1, 0.15) is 6.61 Å². The fraction of sp³-hybridized carbons (Fsp3) is 0.640. The van der Waals surface area contributed by atoms with Gasteiger partial charge in [0.05, 0.1) is 19.3 Å². The molecule has 32 heavy (non-hydrogen) atoms. The predicted molar refractivity (Wildman–Crippen MR) is 119 cm³/mol. The maximum atomic E-state index is 13.7. The van der Waals surface area contributed by atoms with E-state index in [4.69, 9.17) is 9.47 Å². The van der Waals surface area contributed by atoms with Gasteiger partial charge in [0.2, 0.25) is 11.8 Å². The molecule has 0 unspecified atom stereocenters. The van der Waals surface area contributed by atoms with Gasteiger partial charge in [-0.05, 0) is 24.3 Å². The number of amides is 3. The van der Waals surface area contributed by atoms with Gasteiger partial charge in [-0.15, -0.1) is 0 Å². The van der Waals surface area contributed by atoms with Crippen molar-refractivity contribution in [3.63, 3.8) is 0 Å². The molecule has 2 aliphatic heterocycles. The third-order valence-corrected chi connectivity index (χ3v) is 6.99. The van der Waals surface area contributed by atoms with E-state index in [2.05, 4.69) is 0 Å². The average molecular weight is 443 g/mol. The normalized spacial score (nSPS) is 23.1. The number of benzene rings is 1. The van der Waals surface area contributed by atoms with E-state index in [1.165, 1.54) is 24.2 Å². The first kappa shape index (κ1) is 22.8. The van der Waals surface area contributed by atoms with Crippen LogP contribution in [-0.2, 0) is 25.5 Å². The van der Waals surface area contributed by atoms with Crippen LogP contribution in [0.5, 0.6) is 0 Å². The second kappa shape index (κ2) is 10.9. The van der Waals surface area contributed by atoms with Gasteiger partial charge in [-0.2, -0.15) is 0 Å². The smallest absolute Gasteiger partial charge is 0.416 e. The van der Waals surface area contributed by atoms with Crippen LogP contribution in [0, 0.1) is 11.8 Å². The van der Waals surface area contributed by atoms with Crippen molar-refractivity contribution in [1.29, 1.82) is 0 Å². The van der Waals surface area contributed by atoms with Gasteiger partial charge in [0.15, 0.2) is 0 Å². The first-order valence-electron chi connectivity index (χ1n) is 12.0. The Morgan fingerprint density at radius 1 is 1.03 bits per heavy atom. The molecule has 7 heteroatoms. The minimum Gasteiger partial charge on any atom is -0.447 e. The van der Waals surface area contributed by atoms with Crippen LogP contribution in [0.15, 0.2) is 30.3 Å². The summed E-state index contributed by atoms with van der Waals surface area (Å²) < 4.78 is 10.6. The van der Waals surface area contributed by atoms with Gasteiger partial charge in [-0.1, -0.05) is 62.4 Å². The van der Waals surface area contributed by atoms with Crippen LogP contribution < -0.4 is 0 Å². The predicted octanol–water partition coefficient (Wildman–Crippen LogP) is 3.41. The molecule has 1 aromatic carbocycles. The highest BCUT2D eigenvalue weighted by Crippen LogP contribution is 2.32. The number of imide groups is 1. The Balaban J connectivity index is 1.48. The zero-order chi connectivity index (χ0) is 22.3. The van der Waals surface area contributed by atoms with E-state index in [9.17, 15) is 14.4 Å². The molecule has 0 radical (unpaired) electrons. The molecule has 2 saturated heterocycles. The van der Waals surface area contributed by atoms with Crippen molar-refractivity contribution < 1.29 is 23.9 Å². The van der Waals surface area contributed by atoms with Crippen molar-refractivity contribution in [2.75, 3.05) is 32.9 Å². The van der Waals surface area contributed by atoms with Crippen LogP contribution >= 0.6 is 0 Å². The summed E-state index contributed by atoms with van der Waals surface area (Å²) in [5.41, 5.74) is 1.06. The number of ether oxygens (including phenoxy) is 2. The maximum Gasteiger partial charge on any atom is 0.416 e. The largest absolute Gasteiger partial charge is 0.447 e. The van der Waals surface area contributed by atoms with Gasteiger partial charge in [0, 0.05) is 25.4 Å². The Kier molecular flexibility index (Phi) is 7.79. The molecule has 1 aromatic rings. The van der Waals surface area contributed by atoms with Gasteiger partial charge < -0.3 is 14.4 Å². The van der Waals surface area contributed by atoms with Crippen molar-refractivity contribution in [2.24, 2.45) is 11.8 Å². The third-order valence-electron chi connectivity index (χ3n) is 6.99. The number of hydrogen-bond acceptors (Lipinski definition) is 5. The molecule has 2 atom stereocenters. The fourth-order valence-electron chi connectivity index (χ4n) is 5.21. The zero-order valence-electron chi connectivity index (χ0n) is 18.7. The van der Waals surface area contributed by atoms with Crippen molar-refractivity contribution in [3.8, 4) is 0 Å². The van der Waals surface area contributed by atoms with Crippen molar-refractivity contribution >= 4 is 17.9 Å². The summed E-state index contributed by atoms with van der Waals surface area (Å²) in [5, 5.41) is 0. The summed E-state index contributed by atoms with van der Waals surface area (Å²) in [6, 6.07) is 9.50. The molecule has 174 valence electrons. The van der Waals surface area contributed by atoms with Crippen molar-refractivity contribution in [3.05, 3.63) is 35.9 Å². The molecule has 3 fully saturated rings. The molecule has 2 heterocycles. The SMILES string of the molecule is O=C(C[C@@H](CC1CCCCC1)C(=O)N1C(=O)OC[C@@H]1Cc1ccccc1)N1CCOCC1. The Morgan fingerprint density at radius 2 is 1.75 bits per heavy atom. The first-order valence-corrected chi connectivity index (χ1v) is 12.0. The highest BCUT2D eigenvalue weighted by atomic mass is 16.6. The van der Waals surface area contributed by atoms with Crippen molar-refractivity contribution in [1.82, 2.24) is 9.80 Å². The standard InChI is InChI=1S/C25H34N2O5/c28-23(26-11-13-31-14-12-26)17-21(15-19-7-3-1-4-8-19)24(29)27-22(18-32-25(27)30)16-20-9-5-2-6-10-20/h2,5-6,9-10,19,21-22H,1,3-4,7-8,11-18H2/t21-,22+/m1/s1. The molecule has 3 amide bonds. The summed E-state index contributed by atoms with van der Waals surface area (Å²) in [6.07, 6.45) is 6.56. The van der Waals surface area contributed by atoms with Crippen LogP contribution in [0.2, 0.25) is 0 Å². The number of cyclic esters (lactones) is 1. The second-order valence-corrected chi connectivity index (χ2v) is 9.26. The van der Waals surface area contributed by atoms with E-state index in [-0.39, 0.29) is 30.9 Å². The van der Waals surface area contributed by atoms with Crippen LogP contribution in [-0.4, -0.2) is 66.7 Å². The van der Waals surface area contributed by atoms with Gasteiger partial charge in [-0.3, -0.25) is 9.59 Å². The lowest BCUT2D eigenvalue weighted by Crippen LogP contribution is -2.46. The Hall–Kier alpha value is -2.41. The minimum atomic E-state index is -0.580. The number of carbonyl (C=O) groups is 3. The molecular weight excluding hydrogens is 408 g/mol. The molecule has 4 rings (SSSR count). The van der Waals surface area contributed by atoms with Crippen LogP contribution in [0.4, 0.5) is 4.79 Å². The monoisotopic (exact) mass is 442 g/mol. The first-order chi connectivity index (χ1) is 15.6. The number of carbonyl (C=O) groups excluding carboxylic acids is 3. The van der Waals surface area contributed by atoms with E-state index in [1.807, 2.05) is 30.3 Å². The molecule has 0 aromatic heterocycles. The summed E-state index contributed by atoms with van der Waals surface area (Å²) >= 11 is 0. The highest BCUT2D eigenvalue weighted by Gasteiger charge is 2.42. The minimum absolute atomic E-state index is 0.0189. The Labute approximate surface area is 190 Å². The van der Waals surface area contributed by atoms with Crippen molar-refractivity contribution in [2.45, 2.75) is 57.4 Å². The maximum absolute atomic E-state index is 13.7. The lowest BCUT2D eigenvalue weighted by molar-refractivity contribution is -0.142. The van der Waals surface area contributed by atoms with E-state index in [1.54, 1.807) is 4.90 Å². The quantitative estimate of drug-likeness (QED) is 0.647. The molecule has 0 bridgehead atoms. The number of nitrogens with zero attached hydrogens (tertiary/aromatic N) is 2. The molecule has 1 aliphatic carbocycles. The van der Waals surface area contributed by atoms with Crippen LogP contribution in [0.1, 0.15) is 50.5 Å². The molecule has 3 aliphatic rings. The molecule has 0 spiro atoms. The van der Waals surface area contributed by atoms with Gasteiger partial charge >= 0.3 is 6.09 Å². The fourth-order valence-corrected chi connectivity index (χ4v) is 5.21. The molecule has 0 N–H and O–H groups in total. The average Bonchev–Trinajstić information content (AvgIpc) is 3.19. The summed E-state index contributed by atoms with van der Waals surface area (Å²) in [6.45, 7) is 2.39. The lowest BCUT2D eigenvalue weighted by atomic mass is 9.81. The third kappa shape index (κ3) is 5.68. The summed E-state index contributed by atoms with van der Waals surface area (Å²) in [7, 11) is 0. The van der Waals surface area contributed by atoms with Gasteiger partial charge in [-0.25, -0.2) is 9.69 Å². The van der Waals surface area contributed by atoms with E-state index in [0.29, 0.717) is 45.1 Å². The summed E-state index contributed by atoms with van der Waals surface area (Å²) in [5.74, 6) is -0.325.